The number of hydrogen-bond acceptors (Lipinski definition) is 2. The Balaban J connectivity index is -0.000000000556. The maximum atomic E-state index is 8.46. The molecule has 12 heavy (non-hydrogen) atoms. The van der Waals surface area contributed by atoms with Crippen LogP contribution < -0.4 is 202 Å². The van der Waals surface area contributed by atoms with E-state index in [-0.39, 0.29) is 197 Å². The predicted molar refractivity (Wildman–Crippen MR) is 6.44 cm³/mol. The van der Waals surface area contributed by atoms with E-state index < -0.39 is 15.5 Å². The van der Waals surface area contributed by atoms with Gasteiger partial charge in [-0.15, -0.1) is 0 Å². The molecular weight excluding hydrogens is 316 g/mol. The van der Waals surface area contributed by atoms with E-state index in [2.05, 4.69) is 0 Å². The Morgan fingerprint density at radius 1 is 0.667 bits per heavy atom. The molecule has 0 aromatic heterocycles. The first kappa shape index (κ1) is 79.5. The van der Waals surface area contributed by atoms with Gasteiger partial charge in [0, 0.05) is 0 Å². The molecule has 0 amide bonds. The van der Waals surface area contributed by atoms with Crippen LogP contribution in [0.1, 0.15) is 0 Å². The van der Waals surface area contributed by atoms with Crippen molar-refractivity contribution in [3.05, 3.63) is 0 Å². The first-order chi connectivity index (χ1) is 1.41. The zero-order valence-corrected chi connectivity index (χ0v) is 22.1. The minimum absolute atomic E-state index is 0. The standard InChI is InChI=1S/Al.4ClH.5Na.2O/h;4*1H;;;;;;;/q;;;;;5*+1;;-1/p-4. The van der Waals surface area contributed by atoms with E-state index in [0.717, 1.165) is 0 Å². The van der Waals surface area contributed by atoms with Gasteiger partial charge in [0.2, 0.25) is 0 Å². The van der Waals surface area contributed by atoms with E-state index in [9.17, 15) is 0 Å². The van der Waals surface area contributed by atoms with Gasteiger partial charge in [-0.05, 0) is 0 Å². The number of rotatable bonds is 0. The van der Waals surface area contributed by atoms with Crippen LogP contribution in [0, 0.1) is 0 Å². The Kier molecular flexibility index (Phi) is 572. The fourth-order valence-corrected chi connectivity index (χ4v) is 0. The summed E-state index contributed by atoms with van der Waals surface area (Å²) in [6.07, 6.45) is 0. The van der Waals surface area contributed by atoms with Crippen LogP contribution in [0.15, 0.2) is 0 Å². The van der Waals surface area contributed by atoms with Gasteiger partial charge in [-0.2, -0.15) is 0 Å². The van der Waals surface area contributed by atoms with E-state index >= 15 is 0 Å². The van der Waals surface area contributed by atoms with Crippen LogP contribution in [0.4, 0.5) is 0 Å². The van der Waals surface area contributed by atoms with Crippen LogP contribution in [0.25, 0.3) is 0 Å². The van der Waals surface area contributed by atoms with Crippen LogP contribution in [-0.4, -0.2) is 15.5 Å². The number of hydrogen-bond donors (Lipinski definition) is 0. The van der Waals surface area contributed by atoms with Crippen LogP contribution in [0.5, 0.6) is 0 Å². The molecule has 0 aliphatic rings. The Morgan fingerprint density at radius 2 is 0.667 bits per heavy atom. The van der Waals surface area contributed by atoms with Gasteiger partial charge in [-0.25, -0.2) is 0 Å². The molecule has 0 spiro atoms. The van der Waals surface area contributed by atoms with Crippen LogP contribution >= 0.6 is 0 Å². The van der Waals surface area contributed by atoms with Crippen molar-refractivity contribution in [2.45, 2.75) is 0 Å². The molecule has 48 valence electrons. The average molecular weight is 316 g/mol. The Bertz CT molecular complexity index is 28.9. The topological polar surface area (TPSA) is 40.1 Å². The predicted octanol–water partition coefficient (Wildman–Crippen LogP) is -28.7. The SMILES string of the molecule is [Cl-].[Cl-].[Cl-].[Cl-].[Na+].[Na+].[Na+].[Na+].[Na+].[O]=[Al][O-]. The molecule has 0 aromatic rings. The van der Waals surface area contributed by atoms with E-state index in [1.54, 1.807) is 0 Å². The average Bonchev–Trinajstić information content (AvgIpc) is 0.918. The summed E-state index contributed by atoms with van der Waals surface area (Å²) in [6, 6.07) is 0. The van der Waals surface area contributed by atoms with E-state index in [1.165, 1.54) is 0 Å². The van der Waals surface area contributed by atoms with Crippen molar-refractivity contribution >= 4 is 15.5 Å². The molecule has 12 heteroatoms. The summed E-state index contributed by atoms with van der Waals surface area (Å²) in [5.74, 6) is 0. The molecule has 0 saturated carbocycles. The van der Waals surface area contributed by atoms with Crippen molar-refractivity contribution in [2.24, 2.45) is 0 Å². The van der Waals surface area contributed by atoms with Crippen molar-refractivity contribution in [1.29, 1.82) is 0 Å². The van der Waals surface area contributed by atoms with Gasteiger partial charge in [-0.3, -0.25) is 0 Å². The molecule has 0 fully saturated rings. The second-order valence-corrected chi connectivity index (χ2v) is 0.289. The van der Waals surface area contributed by atoms with Crippen molar-refractivity contribution < 1.29 is 205 Å². The normalized spacial score (nSPS) is 0.667. The molecule has 0 saturated heterocycles. The van der Waals surface area contributed by atoms with Gasteiger partial charge in [0.1, 0.15) is 0 Å². The zero-order chi connectivity index (χ0) is 2.71. The van der Waals surface area contributed by atoms with Gasteiger partial charge < -0.3 is 49.6 Å². The van der Waals surface area contributed by atoms with Gasteiger partial charge >= 0.3 is 171 Å². The summed E-state index contributed by atoms with van der Waals surface area (Å²) >= 11 is -1.75. The molecule has 0 unspecified atom stereocenters. The monoisotopic (exact) mass is 314 g/mol. The minimum atomic E-state index is -1.75. The van der Waals surface area contributed by atoms with Gasteiger partial charge in [0.15, 0.2) is 0 Å². The molecule has 0 N–H and O–H groups in total. The van der Waals surface area contributed by atoms with Crippen LogP contribution in [0.3, 0.4) is 0 Å². The van der Waals surface area contributed by atoms with Crippen molar-refractivity contribution in [2.75, 3.05) is 0 Å². The first-order valence-electron chi connectivity index (χ1n) is 0.471. The summed E-state index contributed by atoms with van der Waals surface area (Å²) in [4.78, 5) is 0. The first-order valence-corrected chi connectivity index (χ1v) is 1.41. The fraction of sp³-hybridized carbons (Fsp3) is 0. The van der Waals surface area contributed by atoms with Gasteiger partial charge in [0.05, 0.1) is 0 Å². The summed E-state index contributed by atoms with van der Waals surface area (Å²) < 4.78 is 16.9. The Labute approximate surface area is 215 Å². The third kappa shape index (κ3) is 96.2. The molecule has 0 rings (SSSR count). The summed E-state index contributed by atoms with van der Waals surface area (Å²) in [6.45, 7) is 0. The second kappa shape index (κ2) is 86.3. The zero-order valence-electron chi connectivity index (χ0n) is 7.91. The van der Waals surface area contributed by atoms with Gasteiger partial charge in [0.25, 0.3) is 0 Å². The van der Waals surface area contributed by atoms with Crippen molar-refractivity contribution in [3.8, 4) is 0 Å². The second-order valence-electron chi connectivity index (χ2n) is 0.0962. The molecule has 0 heterocycles. The van der Waals surface area contributed by atoms with E-state index in [0.29, 0.717) is 0 Å². The Morgan fingerprint density at radius 3 is 0.667 bits per heavy atom. The molecule has 0 aromatic carbocycles. The van der Waals surface area contributed by atoms with Gasteiger partial charge in [-0.1, -0.05) is 0 Å². The molecule has 0 bridgehead atoms. The van der Waals surface area contributed by atoms with Crippen LogP contribution in [-0.2, 0) is 3.80 Å². The maximum absolute atomic E-state index is 8.46. The molecule has 0 aliphatic heterocycles. The van der Waals surface area contributed by atoms with Crippen LogP contribution in [0.2, 0.25) is 0 Å². The molecule has 0 aliphatic carbocycles. The fourth-order valence-electron chi connectivity index (χ4n) is 0. The summed E-state index contributed by atoms with van der Waals surface area (Å²) in [7, 11) is 0. The Hall–Kier alpha value is 6.29. The van der Waals surface area contributed by atoms with E-state index in [1.807, 2.05) is 0 Å². The third-order valence-corrected chi connectivity index (χ3v) is 0. The van der Waals surface area contributed by atoms with Crippen molar-refractivity contribution in [1.82, 2.24) is 0 Å². The molecule has 0 atom stereocenters. The summed E-state index contributed by atoms with van der Waals surface area (Å²) in [5.41, 5.74) is 0. The quantitative estimate of drug-likeness (QED) is 0.417. The summed E-state index contributed by atoms with van der Waals surface area (Å²) in [5, 5.41) is 0. The van der Waals surface area contributed by atoms with E-state index in [4.69, 9.17) is 7.96 Å². The van der Waals surface area contributed by atoms with Crippen molar-refractivity contribution in [3.63, 3.8) is 0 Å². The molecular formula is AlCl4Na5O2. The molecule has 2 nitrogen and oxygen atoms in total. The number of halogens is 4. The third-order valence-electron chi connectivity index (χ3n) is 0. The molecule has 0 radical (unpaired) electrons.